The number of aryl methyl sites for hydroxylation is 2. The summed E-state index contributed by atoms with van der Waals surface area (Å²) in [4.78, 5) is 17.2. The number of para-hydroxylation sites is 1. The summed E-state index contributed by atoms with van der Waals surface area (Å²) in [6, 6.07) is 6.17. The number of benzene rings is 1. The molecule has 0 spiro atoms. The van der Waals surface area contributed by atoms with E-state index in [2.05, 4.69) is 36.5 Å². The second-order valence-corrected chi connectivity index (χ2v) is 7.99. The number of allylic oxidation sites excluding steroid dienone is 2. The molecular formula is C21H31N3O. The zero-order chi connectivity index (χ0) is 18.0. The number of carbonyl (C=O) groups excluding carboxylic acids is 1. The fourth-order valence-electron chi connectivity index (χ4n) is 4.18. The van der Waals surface area contributed by atoms with Crippen LogP contribution < -0.4 is 5.32 Å². The molecule has 2 aliphatic rings. The normalized spacial score (nSPS) is 24.1. The van der Waals surface area contributed by atoms with Crippen LogP contribution in [0.5, 0.6) is 0 Å². The molecule has 3 unspecified atom stereocenters. The second kappa shape index (κ2) is 7.61. The van der Waals surface area contributed by atoms with E-state index in [1.54, 1.807) is 0 Å². The first-order valence-corrected chi connectivity index (χ1v) is 9.39. The van der Waals surface area contributed by atoms with E-state index in [-0.39, 0.29) is 6.03 Å². The molecule has 2 bridgehead atoms. The summed E-state index contributed by atoms with van der Waals surface area (Å²) in [5, 5.41) is 3.17. The minimum absolute atomic E-state index is 0.0333. The summed E-state index contributed by atoms with van der Waals surface area (Å²) in [6.07, 6.45) is 7.25. The number of likely N-dealkylation sites (N-methyl/N-ethyl adjacent to an activating group) is 1. The number of fused-ring (bicyclic) bond motifs is 2. The van der Waals surface area contributed by atoms with Gasteiger partial charge in [0.25, 0.3) is 0 Å². The van der Waals surface area contributed by atoms with Crippen LogP contribution in [0.3, 0.4) is 0 Å². The van der Waals surface area contributed by atoms with Gasteiger partial charge in [0.1, 0.15) is 0 Å². The van der Waals surface area contributed by atoms with Crippen LogP contribution in [0.15, 0.2) is 30.4 Å². The molecule has 1 N–H and O–H groups in total. The predicted molar refractivity (Wildman–Crippen MR) is 104 cm³/mol. The molecule has 2 aliphatic carbocycles. The van der Waals surface area contributed by atoms with E-state index >= 15 is 0 Å². The lowest BCUT2D eigenvalue weighted by Gasteiger charge is -2.30. The molecule has 1 fully saturated rings. The Morgan fingerprint density at radius 2 is 1.84 bits per heavy atom. The van der Waals surface area contributed by atoms with Gasteiger partial charge >= 0.3 is 6.03 Å². The molecule has 2 amide bonds. The topological polar surface area (TPSA) is 35.6 Å². The molecule has 4 nitrogen and oxygen atoms in total. The molecular weight excluding hydrogens is 310 g/mol. The second-order valence-electron chi connectivity index (χ2n) is 7.99. The summed E-state index contributed by atoms with van der Waals surface area (Å²) >= 11 is 0. The lowest BCUT2D eigenvalue weighted by molar-refractivity contribution is 0.188. The zero-order valence-corrected chi connectivity index (χ0v) is 16.0. The molecule has 3 rings (SSSR count). The van der Waals surface area contributed by atoms with E-state index in [1.165, 1.54) is 12.8 Å². The monoisotopic (exact) mass is 341 g/mol. The summed E-state index contributed by atoms with van der Waals surface area (Å²) in [6.45, 7) is 6.61. The van der Waals surface area contributed by atoms with Crippen LogP contribution in [-0.2, 0) is 0 Å². The predicted octanol–water partition coefficient (Wildman–Crippen LogP) is 3.91. The van der Waals surface area contributed by atoms with Gasteiger partial charge in [0.15, 0.2) is 0 Å². The van der Waals surface area contributed by atoms with Gasteiger partial charge in [0, 0.05) is 25.3 Å². The maximum atomic E-state index is 13.0. The van der Waals surface area contributed by atoms with Gasteiger partial charge < -0.3 is 15.1 Å². The van der Waals surface area contributed by atoms with Gasteiger partial charge in [-0.2, -0.15) is 0 Å². The van der Waals surface area contributed by atoms with E-state index in [0.717, 1.165) is 42.4 Å². The van der Waals surface area contributed by atoms with Crippen LogP contribution >= 0.6 is 0 Å². The Hall–Kier alpha value is -1.81. The number of hydrogen-bond donors (Lipinski definition) is 1. The lowest BCUT2D eigenvalue weighted by atomic mass is 9.93. The maximum absolute atomic E-state index is 13.0. The van der Waals surface area contributed by atoms with Gasteiger partial charge in [-0.1, -0.05) is 30.4 Å². The molecule has 0 saturated heterocycles. The third-order valence-electron chi connectivity index (χ3n) is 5.69. The van der Waals surface area contributed by atoms with E-state index < -0.39 is 0 Å². The van der Waals surface area contributed by atoms with E-state index in [9.17, 15) is 4.79 Å². The molecule has 1 aromatic carbocycles. The Kier molecular flexibility index (Phi) is 5.48. The smallest absolute Gasteiger partial charge is 0.321 e. The standard InChI is InChI=1S/C21H31N3O/c1-15-6-5-7-16(2)20(15)22-21(25)24(11-10-23(3)4)14-19-13-17-8-9-18(19)12-17/h5-9,17-19H,10-14H2,1-4H3,(H,22,25). The molecule has 25 heavy (non-hydrogen) atoms. The molecule has 1 saturated carbocycles. The first-order chi connectivity index (χ1) is 11.9. The van der Waals surface area contributed by atoms with Crippen LogP contribution in [0.4, 0.5) is 10.5 Å². The van der Waals surface area contributed by atoms with Crippen molar-refractivity contribution in [1.82, 2.24) is 9.80 Å². The van der Waals surface area contributed by atoms with Gasteiger partial charge in [-0.3, -0.25) is 0 Å². The summed E-state index contributed by atoms with van der Waals surface area (Å²) in [5.41, 5.74) is 3.18. The number of carbonyl (C=O) groups is 1. The van der Waals surface area contributed by atoms with Gasteiger partial charge in [-0.05, 0) is 69.7 Å². The Bertz CT molecular complexity index is 632. The van der Waals surface area contributed by atoms with Gasteiger partial charge in [-0.25, -0.2) is 4.79 Å². The van der Waals surface area contributed by atoms with Crippen LogP contribution in [0, 0.1) is 31.6 Å². The minimum atomic E-state index is 0.0333. The lowest BCUT2D eigenvalue weighted by Crippen LogP contribution is -2.43. The van der Waals surface area contributed by atoms with Crippen molar-refractivity contribution in [2.24, 2.45) is 17.8 Å². The summed E-state index contributed by atoms with van der Waals surface area (Å²) in [5.74, 6) is 2.02. The Morgan fingerprint density at radius 3 is 2.40 bits per heavy atom. The summed E-state index contributed by atoms with van der Waals surface area (Å²) < 4.78 is 0. The van der Waals surface area contributed by atoms with Crippen molar-refractivity contribution in [1.29, 1.82) is 0 Å². The van der Waals surface area contributed by atoms with Crippen LogP contribution in [0.2, 0.25) is 0 Å². The highest BCUT2D eigenvalue weighted by atomic mass is 16.2. The molecule has 0 radical (unpaired) electrons. The zero-order valence-electron chi connectivity index (χ0n) is 16.0. The third-order valence-corrected chi connectivity index (χ3v) is 5.69. The van der Waals surface area contributed by atoms with Gasteiger partial charge in [0.2, 0.25) is 0 Å². The van der Waals surface area contributed by atoms with Crippen LogP contribution in [-0.4, -0.2) is 49.6 Å². The number of urea groups is 1. The molecule has 136 valence electrons. The Balaban J connectivity index is 1.69. The summed E-state index contributed by atoms with van der Waals surface area (Å²) in [7, 11) is 4.11. The molecule has 0 aliphatic heterocycles. The highest BCUT2D eigenvalue weighted by molar-refractivity contribution is 5.91. The van der Waals surface area contributed by atoms with E-state index in [4.69, 9.17) is 0 Å². The highest BCUT2D eigenvalue weighted by Crippen LogP contribution is 2.43. The van der Waals surface area contributed by atoms with Crippen molar-refractivity contribution in [3.05, 3.63) is 41.5 Å². The fourth-order valence-corrected chi connectivity index (χ4v) is 4.18. The molecule has 4 heteroatoms. The molecule has 3 atom stereocenters. The number of nitrogens with one attached hydrogen (secondary N) is 1. The van der Waals surface area contributed by atoms with Gasteiger partial charge in [0.05, 0.1) is 0 Å². The first kappa shape index (κ1) is 18.0. The van der Waals surface area contributed by atoms with Crippen molar-refractivity contribution < 1.29 is 4.79 Å². The van der Waals surface area contributed by atoms with E-state index in [0.29, 0.717) is 11.8 Å². The van der Waals surface area contributed by atoms with Crippen LogP contribution in [0.25, 0.3) is 0 Å². The number of anilines is 1. The highest BCUT2D eigenvalue weighted by Gasteiger charge is 2.37. The van der Waals surface area contributed by atoms with Gasteiger partial charge in [-0.15, -0.1) is 0 Å². The first-order valence-electron chi connectivity index (χ1n) is 9.39. The Labute approximate surface area is 151 Å². The average Bonchev–Trinajstić information content (AvgIpc) is 3.17. The maximum Gasteiger partial charge on any atom is 0.321 e. The number of amides is 2. The molecule has 0 aromatic heterocycles. The largest absolute Gasteiger partial charge is 0.323 e. The van der Waals surface area contributed by atoms with Crippen molar-refractivity contribution in [2.75, 3.05) is 39.0 Å². The number of hydrogen-bond acceptors (Lipinski definition) is 2. The number of rotatable bonds is 6. The Morgan fingerprint density at radius 1 is 1.12 bits per heavy atom. The van der Waals surface area contributed by atoms with Crippen molar-refractivity contribution in [3.8, 4) is 0 Å². The third kappa shape index (κ3) is 4.24. The van der Waals surface area contributed by atoms with Crippen molar-refractivity contribution in [2.45, 2.75) is 26.7 Å². The quantitative estimate of drug-likeness (QED) is 0.796. The van der Waals surface area contributed by atoms with Crippen molar-refractivity contribution >= 4 is 11.7 Å². The molecule has 0 heterocycles. The minimum Gasteiger partial charge on any atom is -0.323 e. The fraction of sp³-hybridized carbons (Fsp3) is 0.571. The van der Waals surface area contributed by atoms with Crippen molar-refractivity contribution in [3.63, 3.8) is 0 Å². The molecule has 1 aromatic rings. The SMILES string of the molecule is Cc1cccc(C)c1NC(=O)N(CCN(C)C)CC1CC2C=CC1C2. The number of nitrogens with zero attached hydrogens (tertiary/aromatic N) is 2. The van der Waals surface area contributed by atoms with E-state index in [1.807, 2.05) is 36.9 Å². The van der Waals surface area contributed by atoms with Crippen LogP contribution in [0.1, 0.15) is 24.0 Å². The average molecular weight is 341 g/mol.